The van der Waals surface area contributed by atoms with Crippen molar-refractivity contribution < 1.29 is 0 Å². The highest BCUT2D eigenvalue weighted by atomic mass is 35.5. The van der Waals surface area contributed by atoms with Crippen molar-refractivity contribution in [2.45, 2.75) is 19.5 Å². The molecular formula is C15H18ClN3. The molecule has 0 saturated carbocycles. The van der Waals surface area contributed by atoms with Crippen LogP contribution in [-0.2, 0) is 6.54 Å². The van der Waals surface area contributed by atoms with Gasteiger partial charge in [-0.2, -0.15) is 0 Å². The molecule has 0 radical (unpaired) electrons. The van der Waals surface area contributed by atoms with Crippen molar-refractivity contribution >= 4 is 17.3 Å². The first-order valence-corrected chi connectivity index (χ1v) is 6.62. The summed E-state index contributed by atoms with van der Waals surface area (Å²) in [5, 5.41) is 0.756. The normalized spacial score (nSPS) is 12.2. The summed E-state index contributed by atoms with van der Waals surface area (Å²) in [4.78, 5) is 6.31. The number of anilines is 1. The van der Waals surface area contributed by atoms with Gasteiger partial charge in [-0.25, -0.2) is 0 Å². The summed E-state index contributed by atoms with van der Waals surface area (Å²) in [6, 6.07) is 10.1. The average molecular weight is 276 g/mol. The van der Waals surface area contributed by atoms with Crippen LogP contribution in [0.2, 0.25) is 5.02 Å². The molecule has 100 valence electrons. The monoisotopic (exact) mass is 275 g/mol. The molecule has 1 aromatic carbocycles. The largest absolute Gasteiger partial charge is 0.367 e. The van der Waals surface area contributed by atoms with Crippen molar-refractivity contribution in [1.29, 1.82) is 0 Å². The summed E-state index contributed by atoms with van der Waals surface area (Å²) in [7, 11) is 2.06. The lowest BCUT2D eigenvalue weighted by Crippen LogP contribution is -2.23. The summed E-state index contributed by atoms with van der Waals surface area (Å²) in [6.45, 7) is 2.63. The van der Waals surface area contributed by atoms with Gasteiger partial charge in [0.1, 0.15) is 0 Å². The molecule has 19 heavy (non-hydrogen) atoms. The smallest absolute Gasteiger partial charge is 0.0511 e. The maximum absolute atomic E-state index is 6.05. The molecule has 2 aromatic rings. The Kier molecular flexibility index (Phi) is 4.40. The van der Waals surface area contributed by atoms with Crippen LogP contribution in [0, 0.1) is 0 Å². The summed E-state index contributed by atoms with van der Waals surface area (Å²) >= 11 is 6.05. The number of rotatable bonds is 4. The zero-order valence-electron chi connectivity index (χ0n) is 11.2. The van der Waals surface area contributed by atoms with Crippen LogP contribution < -0.4 is 10.6 Å². The highest BCUT2D eigenvalue weighted by Crippen LogP contribution is 2.28. The Morgan fingerprint density at radius 2 is 2.16 bits per heavy atom. The SMILES string of the molecule is CC(c1cccc(Cl)c1)N(C)c1ccncc1CN. The molecule has 1 aromatic heterocycles. The van der Waals surface area contributed by atoms with E-state index in [1.54, 1.807) is 6.20 Å². The first-order valence-electron chi connectivity index (χ1n) is 6.24. The predicted molar refractivity (Wildman–Crippen MR) is 80.4 cm³/mol. The second-order valence-corrected chi connectivity index (χ2v) is 4.99. The van der Waals surface area contributed by atoms with Crippen molar-refractivity contribution in [2.24, 2.45) is 5.73 Å². The highest BCUT2D eigenvalue weighted by molar-refractivity contribution is 6.30. The van der Waals surface area contributed by atoms with Crippen molar-refractivity contribution in [2.75, 3.05) is 11.9 Å². The summed E-state index contributed by atoms with van der Waals surface area (Å²) in [6.07, 6.45) is 3.60. The van der Waals surface area contributed by atoms with E-state index in [9.17, 15) is 0 Å². The van der Waals surface area contributed by atoms with Gasteiger partial charge in [0, 0.05) is 42.3 Å². The molecule has 0 aliphatic heterocycles. The molecule has 0 spiro atoms. The number of aromatic nitrogens is 1. The number of pyridine rings is 1. The van der Waals surface area contributed by atoms with Crippen LogP contribution in [0.3, 0.4) is 0 Å². The Bertz CT molecular complexity index is 557. The van der Waals surface area contributed by atoms with Crippen LogP contribution in [0.4, 0.5) is 5.69 Å². The van der Waals surface area contributed by atoms with Crippen molar-refractivity contribution in [3.63, 3.8) is 0 Å². The first-order chi connectivity index (χ1) is 9.13. The van der Waals surface area contributed by atoms with E-state index in [2.05, 4.69) is 29.9 Å². The van der Waals surface area contributed by atoms with Crippen LogP contribution in [0.5, 0.6) is 0 Å². The molecule has 1 atom stereocenters. The number of halogens is 1. The van der Waals surface area contributed by atoms with E-state index in [1.807, 2.05) is 30.5 Å². The Labute approximate surface area is 119 Å². The van der Waals surface area contributed by atoms with Gasteiger partial charge in [0.25, 0.3) is 0 Å². The quantitative estimate of drug-likeness (QED) is 0.930. The van der Waals surface area contributed by atoms with Gasteiger partial charge in [0.15, 0.2) is 0 Å². The third kappa shape index (κ3) is 3.06. The maximum Gasteiger partial charge on any atom is 0.0511 e. The van der Waals surface area contributed by atoms with E-state index in [4.69, 9.17) is 17.3 Å². The Balaban J connectivity index is 2.30. The second-order valence-electron chi connectivity index (χ2n) is 4.55. The van der Waals surface area contributed by atoms with Gasteiger partial charge in [-0.3, -0.25) is 4.98 Å². The van der Waals surface area contributed by atoms with Gasteiger partial charge >= 0.3 is 0 Å². The number of benzene rings is 1. The maximum atomic E-state index is 6.05. The van der Waals surface area contributed by atoms with Gasteiger partial charge in [-0.15, -0.1) is 0 Å². The summed E-state index contributed by atoms with van der Waals surface area (Å²) in [5.74, 6) is 0. The van der Waals surface area contributed by atoms with Crippen molar-refractivity contribution in [3.05, 3.63) is 58.9 Å². The molecule has 0 saturated heterocycles. The van der Waals surface area contributed by atoms with E-state index in [-0.39, 0.29) is 6.04 Å². The lowest BCUT2D eigenvalue weighted by molar-refractivity contribution is 0.734. The average Bonchev–Trinajstić information content (AvgIpc) is 2.45. The fourth-order valence-electron chi connectivity index (χ4n) is 2.12. The molecule has 4 heteroatoms. The molecule has 0 fully saturated rings. The topological polar surface area (TPSA) is 42.2 Å². The van der Waals surface area contributed by atoms with Crippen LogP contribution in [0.15, 0.2) is 42.7 Å². The van der Waals surface area contributed by atoms with Crippen molar-refractivity contribution in [3.8, 4) is 0 Å². The zero-order valence-corrected chi connectivity index (χ0v) is 11.9. The molecule has 0 amide bonds. The number of nitrogens with two attached hydrogens (primary N) is 1. The lowest BCUT2D eigenvalue weighted by atomic mass is 10.1. The van der Waals surface area contributed by atoms with Gasteiger partial charge in [-0.05, 0) is 30.7 Å². The first kappa shape index (κ1) is 13.8. The highest BCUT2D eigenvalue weighted by Gasteiger charge is 2.15. The fraction of sp³-hybridized carbons (Fsp3) is 0.267. The number of hydrogen-bond donors (Lipinski definition) is 1. The minimum absolute atomic E-state index is 0.214. The van der Waals surface area contributed by atoms with Crippen LogP contribution in [-0.4, -0.2) is 12.0 Å². The number of hydrogen-bond acceptors (Lipinski definition) is 3. The fourth-order valence-corrected chi connectivity index (χ4v) is 2.32. The Hall–Kier alpha value is -1.58. The molecule has 2 rings (SSSR count). The molecular weight excluding hydrogens is 258 g/mol. The minimum Gasteiger partial charge on any atom is -0.367 e. The predicted octanol–water partition coefficient (Wildman–Crippen LogP) is 3.39. The Morgan fingerprint density at radius 3 is 2.84 bits per heavy atom. The van der Waals surface area contributed by atoms with E-state index in [0.717, 1.165) is 16.3 Å². The van der Waals surface area contributed by atoms with E-state index in [0.29, 0.717) is 6.54 Å². The number of nitrogens with zero attached hydrogens (tertiary/aromatic N) is 2. The van der Waals surface area contributed by atoms with Crippen LogP contribution >= 0.6 is 11.6 Å². The van der Waals surface area contributed by atoms with Gasteiger partial charge in [-0.1, -0.05) is 23.7 Å². The van der Waals surface area contributed by atoms with Crippen LogP contribution in [0.1, 0.15) is 24.1 Å². The van der Waals surface area contributed by atoms with Crippen LogP contribution in [0.25, 0.3) is 0 Å². The third-order valence-corrected chi connectivity index (χ3v) is 3.62. The van der Waals surface area contributed by atoms with Gasteiger partial charge < -0.3 is 10.6 Å². The zero-order chi connectivity index (χ0) is 13.8. The molecule has 3 nitrogen and oxygen atoms in total. The molecule has 1 heterocycles. The van der Waals surface area contributed by atoms with Gasteiger partial charge in [0.2, 0.25) is 0 Å². The lowest BCUT2D eigenvalue weighted by Gasteiger charge is -2.29. The van der Waals surface area contributed by atoms with Crippen molar-refractivity contribution in [1.82, 2.24) is 4.98 Å². The molecule has 0 aliphatic carbocycles. The van der Waals surface area contributed by atoms with Gasteiger partial charge in [0.05, 0.1) is 6.04 Å². The molecule has 1 unspecified atom stereocenters. The Morgan fingerprint density at radius 1 is 1.37 bits per heavy atom. The molecule has 0 aliphatic rings. The van der Waals surface area contributed by atoms with E-state index in [1.165, 1.54) is 5.56 Å². The summed E-state index contributed by atoms with van der Waals surface area (Å²) < 4.78 is 0. The molecule has 2 N–H and O–H groups in total. The second kappa shape index (κ2) is 6.04. The van der Waals surface area contributed by atoms with E-state index < -0.39 is 0 Å². The third-order valence-electron chi connectivity index (χ3n) is 3.39. The summed E-state index contributed by atoms with van der Waals surface area (Å²) in [5.41, 5.74) is 9.08. The van der Waals surface area contributed by atoms with E-state index >= 15 is 0 Å². The minimum atomic E-state index is 0.214. The standard InChI is InChI=1S/C15H18ClN3/c1-11(12-4-3-5-14(16)8-12)19(2)15-6-7-18-10-13(15)9-17/h3-8,10-11H,9,17H2,1-2H3. The molecule has 0 bridgehead atoms.